The molecule has 2 N–H and O–H groups in total. The number of nitrogens with one attached hydrogen (secondary N) is 1. The normalized spacial score (nSPS) is 12.3. The third kappa shape index (κ3) is 5.43. The van der Waals surface area contributed by atoms with E-state index in [1.54, 1.807) is 5.32 Å². The summed E-state index contributed by atoms with van der Waals surface area (Å²) in [5.74, 6) is -2.86. The number of carboxylic acid groups (broad SMARTS) is 1. The lowest BCUT2D eigenvalue weighted by molar-refractivity contribution is -0.157. The first-order chi connectivity index (χ1) is 10.2. The van der Waals surface area contributed by atoms with Gasteiger partial charge < -0.3 is 15.2 Å². The average Bonchev–Trinajstić information content (AvgIpc) is 2.43. The highest BCUT2D eigenvalue weighted by Crippen LogP contribution is 2.22. The maximum Gasteiger partial charge on any atom is 0.391 e. The molecule has 1 amide bonds. The second kappa shape index (κ2) is 7.43. The molecular weight excluding hydrogens is 305 g/mol. The van der Waals surface area contributed by atoms with Crippen LogP contribution in [-0.2, 0) is 4.79 Å². The predicted molar refractivity (Wildman–Crippen MR) is 69.5 cm³/mol. The lowest BCUT2D eigenvalue weighted by Crippen LogP contribution is -2.44. The van der Waals surface area contributed by atoms with Gasteiger partial charge in [0.15, 0.2) is 11.4 Å². The number of hydrogen-bond donors (Lipinski definition) is 2. The standard InChI is InChI=1S/C13H13F3N2O4/c1-2-6-22-9-4-3-5-17-10(9)11(19)18-8(12(20)21)7-13(14,15)16/h2-5,8H,1,6-7H2,(H,18,19)(H,20,21). The van der Waals surface area contributed by atoms with E-state index in [-0.39, 0.29) is 18.1 Å². The second-order valence-corrected chi connectivity index (χ2v) is 4.13. The molecule has 1 unspecified atom stereocenters. The van der Waals surface area contributed by atoms with Crippen LogP contribution in [0.15, 0.2) is 31.0 Å². The first-order valence-electron chi connectivity index (χ1n) is 6.03. The van der Waals surface area contributed by atoms with E-state index < -0.39 is 30.5 Å². The van der Waals surface area contributed by atoms with Crippen LogP contribution in [-0.4, -0.2) is 40.8 Å². The third-order valence-corrected chi connectivity index (χ3v) is 2.38. The van der Waals surface area contributed by atoms with Crippen LogP contribution < -0.4 is 10.1 Å². The van der Waals surface area contributed by atoms with Gasteiger partial charge in [-0.3, -0.25) is 4.79 Å². The first kappa shape index (κ1) is 17.5. The van der Waals surface area contributed by atoms with Gasteiger partial charge in [0.05, 0.1) is 6.42 Å². The van der Waals surface area contributed by atoms with Gasteiger partial charge >= 0.3 is 12.1 Å². The number of aromatic nitrogens is 1. The molecule has 0 aliphatic heterocycles. The number of halogens is 3. The van der Waals surface area contributed by atoms with E-state index in [0.29, 0.717) is 0 Å². The highest BCUT2D eigenvalue weighted by atomic mass is 19.4. The topological polar surface area (TPSA) is 88.5 Å². The summed E-state index contributed by atoms with van der Waals surface area (Å²) in [5.41, 5.74) is -0.308. The van der Waals surface area contributed by atoms with Gasteiger partial charge in [-0.2, -0.15) is 13.2 Å². The molecule has 1 atom stereocenters. The van der Waals surface area contributed by atoms with Gasteiger partial charge in [0.25, 0.3) is 5.91 Å². The maximum atomic E-state index is 12.3. The Morgan fingerprint density at radius 3 is 2.73 bits per heavy atom. The molecule has 1 rings (SSSR count). The largest absolute Gasteiger partial charge is 0.487 e. The number of carboxylic acids is 1. The summed E-state index contributed by atoms with van der Waals surface area (Å²) in [5, 5.41) is 10.5. The smallest absolute Gasteiger partial charge is 0.391 e. The molecule has 0 aliphatic carbocycles. The zero-order valence-electron chi connectivity index (χ0n) is 11.3. The SMILES string of the molecule is C=CCOc1cccnc1C(=O)NC(CC(F)(F)F)C(=O)O. The molecule has 9 heteroatoms. The summed E-state index contributed by atoms with van der Waals surface area (Å²) in [6.45, 7) is 3.47. The summed E-state index contributed by atoms with van der Waals surface area (Å²) < 4.78 is 42.0. The van der Waals surface area contributed by atoms with Gasteiger partial charge in [0.2, 0.25) is 0 Å². The van der Waals surface area contributed by atoms with Gasteiger partial charge in [-0.1, -0.05) is 12.7 Å². The Balaban J connectivity index is 2.90. The van der Waals surface area contributed by atoms with Crippen molar-refractivity contribution in [2.24, 2.45) is 0 Å². The molecule has 22 heavy (non-hydrogen) atoms. The molecule has 0 bridgehead atoms. The van der Waals surface area contributed by atoms with Crippen LogP contribution in [0.25, 0.3) is 0 Å². The lowest BCUT2D eigenvalue weighted by atomic mass is 10.2. The number of aliphatic carboxylic acids is 1. The Morgan fingerprint density at radius 1 is 1.50 bits per heavy atom. The summed E-state index contributed by atoms with van der Waals surface area (Å²) in [6, 6.07) is 0.728. The second-order valence-electron chi connectivity index (χ2n) is 4.13. The Morgan fingerprint density at radius 2 is 2.18 bits per heavy atom. The van der Waals surface area contributed by atoms with Crippen molar-refractivity contribution >= 4 is 11.9 Å². The number of ether oxygens (including phenoxy) is 1. The Bertz CT molecular complexity index is 560. The highest BCUT2D eigenvalue weighted by Gasteiger charge is 2.36. The van der Waals surface area contributed by atoms with Gasteiger partial charge in [-0.15, -0.1) is 0 Å². The molecule has 0 saturated heterocycles. The van der Waals surface area contributed by atoms with E-state index in [1.807, 2.05) is 0 Å². The van der Waals surface area contributed by atoms with Crippen molar-refractivity contribution in [1.29, 1.82) is 0 Å². The Hall–Kier alpha value is -2.58. The molecule has 0 aliphatic rings. The Kier molecular flexibility index (Phi) is 5.90. The minimum Gasteiger partial charge on any atom is -0.487 e. The molecule has 0 radical (unpaired) electrons. The molecule has 1 heterocycles. The zero-order valence-corrected chi connectivity index (χ0v) is 11.3. The van der Waals surface area contributed by atoms with Crippen LogP contribution in [0.3, 0.4) is 0 Å². The van der Waals surface area contributed by atoms with Gasteiger partial charge in [-0.05, 0) is 12.1 Å². The Labute approximate surface area is 123 Å². The highest BCUT2D eigenvalue weighted by molar-refractivity contribution is 5.97. The fourth-order valence-corrected chi connectivity index (χ4v) is 1.48. The number of carbonyl (C=O) groups excluding carboxylic acids is 1. The van der Waals surface area contributed by atoms with Crippen LogP contribution in [0.4, 0.5) is 13.2 Å². The van der Waals surface area contributed by atoms with Crippen molar-refractivity contribution in [3.63, 3.8) is 0 Å². The van der Waals surface area contributed by atoms with Gasteiger partial charge in [-0.25, -0.2) is 9.78 Å². The van der Waals surface area contributed by atoms with Crippen molar-refractivity contribution < 1.29 is 32.6 Å². The quantitative estimate of drug-likeness (QED) is 0.748. The van der Waals surface area contributed by atoms with Gasteiger partial charge in [0, 0.05) is 6.20 Å². The summed E-state index contributed by atoms with van der Waals surface area (Å²) in [7, 11) is 0. The van der Waals surface area contributed by atoms with Crippen molar-refractivity contribution in [1.82, 2.24) is 10.3 Å². The van der Waals surface area contributed by atoms with Crippen LogP contribution >= 0.6 is 0 Å². The summed E-state index contributed by atoms with van der Waals surface area (Å²) in [4.78, 5) is 26.4. The fraction of sp³-hybridized carbons (Fsp3) is 0.308. The molecule has 0 fully saturated rings. The molecule has 0 aromatic carbocycles. The minimum atomic E-state index is -4.73. The first-order valence-corrected chi connectivity index (χ1v) is 6.03. The maximum absolute atomic E-state index is 12.3. The number of amides is 1. The molecular formula is C13H13F3N2O4. The van der Waals surface area contributed by atoms with Gasteiger partial charge in [0.1, 0.15) is 12.6 Å². The van der Waals surface area contributed by atoms with Crippen LogP contribution in [0, 0.1) is 0 Å². The van der Waals surface area contributed by atoms with E-state index >= 15 is 0 Å². The molecule has 0 spiro atoms. The van der Waals surface area contributed by atoms with Crippen LogP contribution in [0.5, 0.6) is 5.75 Å². The molecule has 0 saturated carbocycles. The van der Waals surface area contributed by atoms with E-state index in [9.17, 15) is 22.8 Å². The molecule has 1 aromatic heterocycles. The number of nitrogens with zero attached hydrogens (tertiary/aromatic N) is 1. The summed E-state index contributed by atoms with van der Waals surface area (Å²) >= 11 is 0. The zero-order chi connectivity index (χ0) is 16.8. The number of pyridine rings is 1. The lowest BCUT2D eigenvalue weighted by Gasteiger charge is -2.16. The minimum absolute atomic E-state index is 0.0102. The average molecular weight is 318 g/mol. The molecule has 120 valence electrons. The van der Waals surface area contributed by atoms with Crippen molar-refractivity contribution in [2.45, 2.75) is 18.6 Å². The fourth-order valence-electron chi connectivity index (χ4n) is 1.48. The third-order valence-electron chi connectivity index (χ3n) is 2.38. The summed E-state index contributed by atoms with van der Waals surface area (Å²) in [6.07, 6.45) is -3.79. The van der Waals surface area contributed by atoms with Crippen molar-refractivity contribution in [2.75, 3.05) is 6.61 Å². The van der Waals surface area contributed by atoms with E-state index in [0.717, 1.165) is 0 Å². The van der Waals surface area contributed by atoms with E-state index in [2.05, 4.69) is 11.6 Å². The number of carbonyl (C=O) groups is 2. The van der Waals surface area contributed by atoms with E-state index in [4.69, 9.17) is 9.84 Å². The monoisotopic (exact) mass is 318 g/mol. The molecule has 1 aromatic rings. The van der Waals surface area contributed by atoms with Crippen molar-refractivity contribution in [3.8, 4) is 5.75 Å². The molecule has 6 nitrogen and oxygen atoms in total. The van der Waals surface area contributed by atoms with Crippen LogP contribution in [0.2, 0.25) is 0 Å². The van der Waals surface area contributed by atoms with Crippen LogP contribution in [0.1, 0.15) is 16.9 Å². The number of alkyl halides is 3. The number of rotatable bonds is 7. The number of hydrogen-bond acceptors (Lipinski definition) is 4. The van der Waals surface area contributed by atoms with Crippen molar-refractivity contribution in [3.05, 3.63) is 36.7 Å². The van der Waals surface area contributed by atoms with E-state index in [1.165, 1.54) is 24.4 Å². The predicted octanol–water partition coefficient (Wildman–Crippen LogP) is 1.78.